The molecule has 98 valence electrons. The number of imide groups is 1. The van der Waals surface area contributed by atoms with Gasteiger partial charge in [-0.3, -0.25) is 14.8 Å². The Morgan fingerprint density at radius 2 is 1.83 bits per heavy atom. The van der Waals surface area contributed by atoms with Gasteiger partial charge in [-0.15, -0.1) is 0 Å². The molecular formula is C14H19NO3. The zero-order valence-electron chi connectivity index (χ0n) is 11.0. The molecule has 4 rings (SSSR count). The summed E-state index contributed by atoms with van der Waals surface area (Å²) in [5.74, 6) is -1.29. The van der Waals surface area contributed by atoms with E-state index < -0.39 is 11.8 Å². The van der Waals surface area contributed by atoms with Crippen LogP contribution in [-0.2, 0) is 9.59 Å². The van der Waals surface area contributed by atoms with E-state index in [0.717, 1.165) is 12.8 Å². The van der Waals surface area contributed by atoms with E-state index in [1.807, 2.05) is 6.92 Å². The predicted octanol–water partition coefficient (Wildman–Crippen LogP) is 1.99. The largest absolute Gasteiger partial charge is 0.278 e. The van der Waals surface area contributed by atoms with E-state index in [9.17, 15) is 14.8 Å². The molecule has 1 saturated carbocycles. The van der Waals surface area contributed by atoms with Gasteiger partial charge in [0, 0.05) is 5.41 Å². The van der Waals surface area contributed by atoms with Gasteiger partial charge in [-0.05, 0) is 24.2 Å². The zero-order valence-corrected chi connectivity index (χ0v) is 11.0. The van der Waals surface area contributed by atoms with Crippen molar-refractivity contribution in [2.75, 3.05) is 0 Å². The Bertz CT molecular complexity index is 470. The minimum Gasteiger partial charge on any atom is -0.278 e. The fraction of sp³-hybridized carbons (Fsp3) is 0.714. The van der Waals surface area contributed by atoms with Gasteiger partial charge in [0.15, 0.2) is 0 Å². The number of hydrogen-bond acceptors (Lipinski definition) is 3. The van der Waals surface area contributed by atoms with Crippen molar-refractivity contribution in [3.63, 3.8) is 0 Å². The Kier molecular flexibility index (Phi) is 2.14. The highest BCUT2D eigenvalue weighted by molar-refractivity contribution is 6.05. The summed E-state index contributed by atoms with van der Waals surface area (Å²) in [6.07, 6.45) is 6.07. The van der Waals surface area contributed by atoms with E-state index in [2.05, 4.69) is 26.0 Å². The lowest BCUT2D eigenvalue weighted by Crippen LogP contribution is -2.53. The average Bonchev–Trinajstić information content (AvgIpc) is 2.57. The van der Waals surface area contributed by atoms with Crippen molar-refractivity contribution in [2.24, 2.45) is 28.6 Å². The lowest BCUT2D eigenvalue weighted by molar-refractivity contribution is -0.173. The summed E-state index contributed by atoms with van der Waals surface area (Å²) in [5, 5.41) is 10.0. The second-order valence-corrected chi connectivity index (χ2v) is 6.55. The number of allylic oxidation sites excluding steroid dienone is 2. The van der Waals surface area contributed by atoms with Crippen LogP contribution in [-0.4, -0.2) is 22.1 Å². The number of nitrogens with zero attached hydrogens (tertiary/aromatic N) is 1. The minimum absolute atomic E-state index is 0.257. The Hall–Kier alpha value is -1.16. The first kappa shape index (κ1) is 11.9. The highest BCUT2D eigenvalue weighted by Crippen LogP contribution is 2.63. The van der Waals surface area contributed by atoms with Gasteiger partial charge in [0.1, 0.15) is 0 Å². The highest BCUT2D eigenvalue weighted by Gasteiger charge is 2.67. The standard InChI is InChI=1S/C14H19NO3/c1-8(2)14-6-4-13(3,5-7-14)9-10(14)12(17)15(18)11(9)16/h4,6,8-10,18H,5,7H2,1-3H3/t9-,10-,13+,14-/m1/s1. The number of fused-ring (bicyclic) bond motifs is 1. The van der Waals surface area contributed by atoms with Gasteiger partial charge in [0.25, 0.3) is 11.8 Å². The molecular weight excluding hydrogens is 230 g/mol. The third-order valence-electron chi connectivity index (χ3n) is 5.52. The van der Waals surface area contributed by atoms with Crippen LogP contribution in [0.3, 0.4) is 0 Å². The summed E-state index contributed by atoms with van der Waals surface area (Å²) in [6.45, 7) is 6.20. The number of rotatable bonds is 1. The van der Waals surface area contributed by atoms with Gasteiger partial charge in [-0.25, -0.2) is 0 Å². The maximum Gasteiger partial charge on any atom is 0.258 e. The van der Waals surface area contributed by atoms with E-state index in [-0.39, 0.29) is 28.6 Å². The van der Waals surface area contributed by atoms with Crippen molar-refractivity contribution in [3.05, 3.63) is 12.2 Å². The molecule has 4 nitrogen and oxygen atoms in total. The van der Waals surface area contributed by atoms with Gasteiger partial charge in [-0.1, -0.05) is 32.9 Å². The molecule has 4 atom stereocenters. The molecule has 0 spiro atoms. The van der Waals surface area contributed by atoms with E-state index in [1.165, 1.54) is 0 Å². The van der Waals surface area contributed by atoms with Crippen LogP contribution in [0.15, 0.2) is 12.2 Å². The van der Waals surface area contributed by atoms with Gasteiger partial charge < -0.3 is 0 Å². The molecule has 0 aromatic heterocycles. The summed E-state index contributed by atoms with van der Waals surface area (Å²) in [7, 11) is 0. The molecule has 4 heteroatoms. The minimum atomic E-state index is -0.415. The van der Waals surface area contributed by atoms with Crippen LogP contribution in [0.5, 0.6) is 0 Å². The van der Waals surface area contributed by atoms with Crippen LogP contribution >= 0.6 is 0 Å². The van der Waals surface area contributed by atoms with Crippen molar-refractivity contribution >= 4 is 11.8 Å². The van der Waals surface area contributed by atoms with Crippen molar-refractivity contribution < 1.29 is 14.8 Å². The van der Waals surface area contributed by atoms with Crippen molar-refractivity contribution in [2.45, 2.75) is 33.6 Å². The smallest absolute Gasteiger partial charge is 0.258 e. The third-order valence-corrected chi connectivity index (χ3v) is 5.52. The second-order valence-electron chi connectivity index (χ2n) is 6.55. The van der Waals surface area contributed by atoms with Crippen LogP contribution in [0.4, 0.5) is 0 Å². The van der Waals surface area contributed by atoms with Crippen LogP contribution in [0, 0.1) is 28.6 Å². The van der Waals surface area contributed by atoms with E-state index in [1.54, 1.807) is 0 Å². The van der Waals surface area contributed by atoms with E-state index in [4.69, 9.17) is 0 Å². The number of hydroxylamine groups is 2. The zero-order chi connectivity index (χ0) is 13.3. The summed E-state index contributed by atoms with van der Waals surface area (Å²) in [5.41, 5.74) is -0.530. The second kappa shape index (κ2) is 3.23. The monoisotopic (exact) mass is 249 g/mol. The van der Waals surface area contributed by atoms with Crippen LogP contribution in [0.25, 0.3) is 0 Å². The number of carbonyl (C=O) groups excluding carboxylic acids is 2. The molecule has 3 aliphatic carbocycles. The first-order valence-corrected chi connectivity index (χ1v) is 6.60. The molecule has 2 bridgehead atoms. The van der Waals surface area contributed by atoms with Gasteiger partial charge >= 0.3 is 0 Å². The lowest BCUT2D eigenvalue weighted by Gasteiger charge is -2.55. The van der Waals surface area contributed by atoms with Crippen molar-refractivity contribution in [1.29, 1.82) is 0 Å². The third kappa shape index (κ3) is 1.10. The maximum atomic E-state index is 12.2. The molecule has 0 aromatic carbocycles. The van der Waals surface area contributed by atoms with Crippen molar-refractivity contribution in [1.82, 2.24) is 5.06 Å². The van der Waals surface area contributed by atoms with Crippen molar-refractivity contribution in [3.8, 4) is 0 Å². The predicted molar refractivity (Wildman–Crippen MR) is 64.4 cm³/mol. The number of hydrogen-bond donors (Lipinski definition) is 1. The molecule has 0 unspecified atom stereocenters. The topological polar surface area (TPSA) is 57.6 Å². The van der Waals surface area contributed by atoms with Gasteiger partial charge in [0.2, 0.25) is 0 Å². The molecule has 1 aliphatic heterocycles. The fourth-order valence-electron chi connectivity index (χ4n) is 4.22. The summed E-state index contributed by atoms with van der Waals surface area (Å²) in [6, 6.07) is 0. The molecule has 0 aromatic rings. The SMILES string of the molecule is CC(C)[C@@]12C=C[C@@](C)(CC1)[C@H]1C(=O)N(O)C(=O)[C@@H]12. The first-order chi connectivity index (χ1) is 8.33. The molecule has 0 radical (unpaired) electrons. The Morgan fingerprint density at radius 1 is 1.22 bits per heavy atom. The average molecular weight is 249 g/mol. The number of amides is 2. The molecule has 2 amide bonds. The first-order valence-electron chi connectivity index (χ1n) is 6.60. The van der Waals surface area contributed by atoms with Crippen LogP contribution in [0.1, 0.15) is 33.6 Å². The Labute approximate surface area is 107 Å². The highest BCUT2D eigenvalue weighted by atomic mass is 16.5. The Balaban J connectivity index is 2.19. The molecule has 18 heavy (non-hydrogen) atoms. The van der Waals surface area contributed by atoms with Crippen LogP contribution in [0.2, 0.25) is 0 Å². The summed E-state index contributed by atoms with van der Waals surface area (Å²) < 4.78 is 0. The molecule has 1 heterocycles. The lowest BCUT2D eigenvalue weighted by atomic mass is 9.46. The summed E-state index contributed by atoms with van der Waals surface area (Å²) >= 11 is 0. The number of carbonyl (C=O) groups is 2. The molecule has 2 fully saturated rings. The van der Waals surface area contributed by atoms with E-state index in [0.29, 0.717) is 5.06 Å². The quantitative estimate of drug-likeness (QED) is 0.439. The molecule has 1 N–H and O–H groups in total. The summed E-state index contributed by atoms with van der Waals surface area (Å²) in [4.78, 5) is 24.3. The Morgan fingerprint density at radius 3 is 2.33 bits per heavy atom. The van der Waals surface area contributed by atoms with Crippen LogP contribution < -0.4 is 0 Å². The van der Waals surface area contributed by atoms with E-state index >= 15 is 0 Å². The fourth-order valence-corrected chi connectivity index (χ4v) is 4.22. The molecule has 1 saturated heterocycles. The maximum absolute atomic E-state index is 12.2. The normalized spacial score (nSPS) is 46.2. The molecule has 4 aliphatic rings. The van der Waals surface area contributed by atoms with Gasteiger partial charge in [-0.2, -0.15) is 5.06 Å². The van der Waals surface area contributed by atoms with Gasteiger partial charge in [0.05, 0.1) is 11.8 Å².